The van der Waals surface area contributed by atoms with Crippen molar-refractivity contribution in [1.82, 2.24) is 0 Å². The second kappa shape index (κ2) is 8.95. The number of carbonyl (C=O) groups excluding carboxylic acids is 1. The smallest absolute Gasteiger partial charge is 0.312 e. The molecule has 4 aliphatic rings. The molecule has 4 fully saturated rings. The molecule has 0 amide bonds. The topological polar surface area (TPSA) is 29.5 Å². The van der Waals surface area contributed by atoms with Gasteiger partial charge in [-0.2, -0.15) is 11.8 Å². The van der Waals surface area contributed by atoms with Gasteiger partial charge in [-0.25, -0.2) is 0 Å². The first-order valence-corrected chi connectivity index (χ1v) is 13.6. The maximum atomic E-state index is 13.2. The third kappa shape index (κ3) is 4.43. The molecule has 2 saturated carbocycles. The number of rotatable bonds is 6. The van der Waals surface area contributed by atoms with E-state index in [0.717, 1.165) is 45.3 Å². The van der Waals surface area contributed by atoms with Crippen LogP contribution in [0, 0.1) is 37.8 Å². The maximum absolute atomic E-state index is 13.2. The van der Waals surface area contributed by atoms with Crippen LogP contribution >= 0.6 is 11.8 Å². The number of thioether (sulfide) groups is 1. The first-order chi connectivity index (χ1) is 17.0. The molecular formula is C31H31NO2S. The van der Waals surface area contributed by atoms with E-state index in [4.69, 9.17) is 4.74 Å². The highest BCUT2D eigenvalue weighted by Crippen LogP contribution is 2.61. The Labute approximate surface area is 212 Å². The molecule has 2 aliphatic carbocycles. The van der Waals surface area contributed by atoms with E-state index in [0.29, 0.717) is 12.2 Å². The molecule has 2 heterocycles. The number of hydrogen-bond donors (Lipinski definition) is 0. The second-order valence-electron chi connectivity index (χ2n) is 10.7. The zero-order valence-corrected chi connectivity index (χ0v) is 21.2. The van der Waals surface area contributed by atoms with E-state index in [1.807, 2.05) is 50.2 Å². The van der Waals surface area contributed by atoms with Gasteiger partial charge in [0.15, 0.2) is 0 Å². The summed E-state index contributed by atoms with van der Waals surface area (Å²) in [5.74, 6) is 2.26. The molecule has 0 N–H and O–H groups in total. The normalized spacial score (nSPS) is 26.3. The Kier molecular flexibility index (Phi) is 5.77. The lowest BCUT2D eigenvalue weighted by Crippen LogP contribution is -2.49. The van der Waals surface area contributed by atoms with Gasteiger partial charge >= 0.3 is 5.97 Å². The Bertz CT molecular complexity index is 1130. The van der Waals surface area contributed by atoms with Gasteiger partial charge in [0, 0.05) is 21.4 Å². The van der Waals surface area contributed by atoms with Crippen LogP contribution in [0.5, 0.6) is 5.75 Å². The van der Waals surface area contributed by atoms with Crippen LogP contribution in [0.25, 0.3) is 0 Å². The Hall–Kier alpha value is -2.90. The van der Waals surface area contributed by atoms with Crippen molar-refractivity contribution in [3.8, 4) is 5.75 Å². The predicted octanol–water partition coefficient (Wildman–Crippen LogP) is 7.73. The summed E-state index contributed by atoms with van der Waals surface area (Å²) in [7, 11) is 0. The first kappa shape index (κ1) is 22.6. The molecule has 0 radical (unpaired) electrons. The molecule has 3 aromatic rings. The molecule has 0 aromatic heterocycles. The average Bonchev–Trinajstić information content (AvgIpc) is 2.82. The Morgan fingerprint density at radius 1 is 1.00 bits per heavy atom. The number of hydrogen-bond acceptors (Lipinski definition) is 4. The highest BCUT2D eigenvalue weighted by molar-refractivity contribution is 8.01. The lowest BCUT2D eigenvalue weighted by Gasteiger charge is -2.55. The van der Waals surface area contributed by atoms with Crippen LogP contribution in [-0.2, 0) is 4.79 Å². The number of anilines is 3. The molecule has 2 saturated heterocycles. The summed E-state index contributed by atoms with van der Waals surface area (Å²) in [6, 6.07) is 26.6. The fraction of sp³-hybridized carbons (Fsp3) is 0.387. The molecule has 2 unspecified atom stereocenters. The van der Waals surface area contributed by atoms with Crippen LogP contribution in [0.2, 0.25) is 0 Å². The third-order valence-electron chi connectivity index (χ3n) is 7.87. The van der Waals surface area contributed by atoms with Gasteiger partial charge in [0.1, 0.15) is 5.75 Å². The third-order valence-corrected chi connectivity index (χ3v) is 9.57. The van der Waals surface area contributed by atoms with E-state index in [-0.39, 0.29) is 10.7 Å². The molecule has 3 aromatic carbocycles. The lowest BCUT2D eigenvalue weighted by molar-refractivity contribution is -0.135. The predicted molar refractivity (Wildman–Crippen MR) is 143 cm³/mol. The zero-order chi connectivity index (χ0) is 24.0. The average molecular weight is 482 g/mol. The monoisotopic (exact) mass is 481 g/mol. The Morgan fingerprint density at radius 3 is 2.34 bits per heavy atom. The molecule has 2 atom stereocenters. The largest absolute Gasteiger partial charge is 0.426 e. The van der Waals surface area contributed by atoms with Crippen molar-refractivity contribution in [2.75, 3.05) is 4.90 Å². The molecular weight excluding hydrogens is 450 g/mol. The van der Waals surface area contributed by atoms with Crippen molar-refractivity contribution in [3.05, 3.63) is 83.9 Å². The Morgan fingerprint density at radius 2 is 1.71 bits per heavy atom. The molecule has 2 aliphatic heterocycles. The fourth-order valence-electron chi connectivity index (χ4n) is 6.81. The van der Waals surface area contributed by atoms with Crippen LogP contribution in [0.4, 0.5) is 17.1 Å². The van der Waals surface area contributed by atoms with E-state index in [9.17, 15) is 4.79 Å². The van der Waals surface area contributed by atoms with Crippen molar-refractivity contribution in [3.63, 3.8) is 0 Å². The summed E-state index contributed by atoms with van der Waals surface area (Å²) in [6.45, 7) is 4.06. The molecule has 35 heavy (non-hydrogen) atoms. The number of esters is 1. The number of ether oxygens (including phenoxy) is 1. The second-order valence-corrected chi connectivity index (χ2v) is 12.4. The number of benzene rings is 2. The molecule has 4 heteroatoms. The van der Waals surface area contributed by atoms with Crippen LogP contribution in [0.15, 0.2) is 60.7 Å². The van der Waals surface area contributed by atoms with Crippen molar-refractivity contribution in [1.29, 1.82) is 0 Å². The maximum Gasteiger partial charge on any atom is 0.312 e. The van der Waals surface area contributed by atoms with Crippen LogP contribution < -0.4 is 9.64 Å². The SMILES string of the molecule is Cc1cc(N(c2c#cccc2)c2ccccc2)cc(C)c1OC(=O)CC12CC3CC(CC(C3)S1)C2. The summed E-state index contributed by atoms with van der Waals surface area (Å²) >= 11 is 2.09. The summed E-state index contributed by atoms with van der Waals surface area (Å²) in [5, 5.41) is 0.757. The van der Waals surface area contributed by atoms with Crippen molar-refractivity contribution < 1.29 is 9.53 Å². The summed E-state index contributed by atoms with van der Waals surface area (Å²) in [4.78, 5) is 15.4. The molecule has 0 spiro atoms. The van der Waals surface area contributed by atoms with Gasteiger partial charge in [-0.1, -0.05) is 30.3 Å². The molecule has 4 bridgehead atoms. The molecule has 7 rings (SSSR count). The van der Waals surface area contributed by atoms with Crippen LogP contribution in [0.3, 0.4) is 0 Å². The van der Waals surface area contributed by atoms with E-state index in [1.165, 1.54) is 32.1 Å². The Balaban J connectivity index is 1.25. The standard InChI is InChI=1S/C31H31NO2S/c1-21-13-27(32(25-9-5-3-6-10-25)26-11-7-4-8-12-26)14-22(2)30(21)34-29(33)20-31-18-23-15-24(19-31)17-28(16-23)35-31/h3-7,9-11,13-14,23-24,28H,15-20H2,1-2H3. The van der Waals surface area contributed by atoms with Crippen LogP contribution in [0.1, 0.15) is 49.7 Å². The van der Waals surface area contributed by atoms with Gasteiger partial charge in [-0.15, -0.1) is 0 Å². The fourth-order valence-corrected chi connectivity index (χ4v) is 9.12. The number of nitrogens with zero attached hydrogens (tertiary/aromatic N) is 1. The molecule has 178 valence electrons. The number of carbonyl (C=O) groups is 1. The van der Waals surface area contributed by atoms with Gasteiger partial charge in [-0.05, 0) is 111 Å². The number of aryl methyl sites for hydroxylation is 2. The summed E-state index contributed by atoms with van der Waals surface area (Å²) in [5.41, 5.74) is 4.91. The van der Waals surface area contributed by atoms with Gasteiger partial charge in [0.2, 0.25) is 0 Å². The quantitative estimate of drug-likeness (QED) is 0.266. The van der Waals surface area contributed by atoms with Crippen molar-refractivity contribution in [2.24, 2.45) is 11.8 Å². The van der Waals surface area contributed by atoms with Gasteiger partial charge < -0.3 is 9.64 Å². The van der Waals surface area contributed by atoms with E-state index >= 15 is 0 Å². The minimum atomic E-state index is -0.0793. The zero-order valence-electron chi connectivity index (χ0n) is 20.4. The minimum absolute atomic E-state index is 0.0793. The van der Waals surface area contributed by atoms with E-state index in [2.05, 4.69) is 53.1 Å². The molecule has 3 nitrogen and oxygen atoms in total. The van der Waals surface area contributed by atoms with Gasteiger partial charge in [-0.3, -0.25) is 4.79 Å². The first-order valence-electron chi connectivity index (χ1n) is 12.7. The minimum Gasteiger partial charge on any atom is -0.426 e. The number of para-hydroxylation sites is 1. The van der Waals surface area contributed by atoms with Gasteiger partial charge in [0.25, 0.3) is 0 Å². The van der Waals surface area contributed by atoms with Gasteiger partial charge in [0.05, 0.1) is 12.1 Å². The summed E-state index contributed by atoms with van der Waals surface area (Å²) in [6.07, 6.45) is 6.99. The lowest BCUT2D eigenvalue weighted by atomic mass is 9.66. The van der Waals surface area contributed by atoms with Crippen molar-refractivity contribution >= 4 is 34.8 Å². The summed E-state index contributed by atoms with van der Waals surface area (Å²) < 4.78 is 6.18. The van der Waals surface area contributed by atoms with Crippen molar-refractivity contribution in [2.45, 2.75) is 62.4 Å². The van der Waals surface area contributed by atoms with E-state index in [1.54, 1.807) is 0 Å². The van der Waals surface area contributed by atoms with E-state index < -0.39 is 0 Å². The van der Waals surface area contributed by atoms with Crippen LogP contribution in [-0.4, -0.2) is 16.0 Å². The highest BCUT2D eigenvalue weighted by atomic mass is 32.2. The highest BCUT2D eigenvalue weighted by Gasteiger charge is 2.52.